The van der Waals surface area contributed by atoms with Crippen molar-refractivity contribution in [3.8, 4) is 0 Å². The summed E-state index contributed by atoms with van der Waals surface area (Å²) in [5.74, 6) is 1.90. The van der Waals surface area contributed by atoms with Gasteiger partial charge in [0.2, 0.25) is 0 Å². The molecule has 0 N–H and O–H groups in total. The fraction of sp³-hybridized carbons (Fsp3) is 0.500. The molecule has 0 aliphatic heterocycles. The zero-order valence-corrected chi connectivity index (χ0v) is 14.0. The molecule has 0 bridgehead atoms. The Kier molecular flexibility index (Phi) is 4.60. The second kappa shape index (κ2) is 6.06. The van der Waals surface area contributed by atoms with Gasteiger partial charge < -0.3 is 4.90 Å². The Hall–Kier alpha value is -1.20. The average molecular weight is 311 g/mol. The average Bonchev–Trinajstić information content (AvgIpc) is 2.77. The lowest BCUT2D eigenvalue weighted by atomic mass is 10.2. The van der Waals surface area contributed by atoms with E-state index >= 15 is 0 Å². The zero-order valence-electron chi connectivity index (χ0n) is 12.4. The van der Waals surface area contributed by atoms with Gasteiger partial charge in [0, 0.05) is 23.9 Å². The fourth-order valence-corrected chi connectivity index (χ4v) is 2.70. The molecule has 6 heteroatoms. The first-order chi connectivity index (χ1) is 9.38. The van der Waals surface area contributed by atoms with Gasteiger partial charge in [0.1, 0.15) is 16.8 Å². The number of hydrogen-bond donors (Lipinski definition) is 0. The highest BCUT2D eigenvalue weighted by molar-refractivity contribution is 7.09. The van der Waals surface area contributed by atoms with Crippen LogP contribution in [0, 0.1) is 13.8 Å². The monoisotopic (exact) mass is 310 g/mol. The van der Waals surface area contributed by atoms with E-state index in [-0.39, 0.29) is 5.92 Å². The molecule has 0 atom stereocenters. The van der Waals surface area contributed by atoms with Crippen molar-refractivity contribution in [3.63, 3.8) is 0 Å². The predicted molar refractivity (Wildman–Crippen MR) is 84.8 cm³/mol. The van der Waals surface area contributed by atoms with E-state index in [0.717, 1.165) is 34.5 Å². The predicted octanol–water partition coefficient (Wildman–Crippen LogP) is 3.96. The quantitative estimate of drug-likeness (QED) is 0.802. The van der Waals surface area contributed by atoms with E-state index in [1.54, 1.807) is 11.3 Å². The molecule has 2 rings (SSSR count). The Morgan fingerprint density at radius 1 is 1.25 bits per heavy atom. The van der Waals surface area contributed by atoms with Gasteiger partial charge in [0.15, 0.2) is 0 Å². The van der Waals surface area contributed by atoms with E-state index in [4.69, 9.17) is 11.6 Å². The topological polar surface area (TPSA) is 41.9 Å². The van der Waals surface area contributed by atoms with Gasteiger partial charge >= 0.3 is 0 Å². The smallest absolute Gasteiger partial charge is 0.137 e. The molecule has 2 heterocycles. The van der Waals surface area contributed by atoms with Crippen LogP contribution < -0.4 is 4.90 Å². The molecule has 0 aliphatic carbocycles. The lowest BCUT2D eigenvalue weighted by Crippen LogP contribution is -2.20. The number of aromatic nitrogens is 3. The Morgan fingerprint density at radius 3 is 2.50 bits per heavy atom. The standard InChI is InChI=1S/C14H19ClN4S/c1-8(2)13-17-12(15)9(3)14(18-13)19(5)6-11-7-20-10(4)16-11/h7-8H,6H2,1-5H3. The first-order valence-corrected chi connectivity index (χ1v) is 7.80. The summed E-state index contributed by atoms with van der Waals surface area (Å²) >= 11 is 7.88. The molecule has 0 radical (unpaired) electrons. The van der Waals surface area contributed by atoms with E-state index in [0.29, 0.717) is 5.15 Å². The van der Waals surface area contributed by atoms with Crippen molar-refractivity contribution in [2.24, 2.45) is 0 Å². The third-order valence-corrected chi connectivity index (χ3v) is 4.21. The zero-order chi connectivity index (χ0) is 14.9. The molecule has 20 heavy (non-hydrogen) atoms. The Balaban J connectivity index is 2.30. The van der Waals surface area contributed by atoms with Crippen LogP contribution in [0.3, 0.4) is 0 Å². The Labute approximate surface area is 128 Å². The molecule has 0 amide bonds. The van der Waals surface area contributed by atoms with Crippen LogP contribution in [-0.2, 0) is 6.54 Å². The van der Waals surface area contributed by atoms with Crippen LogP contribution in [0.5, 0.6) is 0 Å². The van der Waals surface area contributed by atoms with E-state index in [2.05, 4.69) is 39.1 Å². The summed E-state index contributed by atoms with van der Waals surface area (Å²) < 4.78 is 0. The van der Waals surface area contributed by atoms with Gasteiger partial charge in [-0.05, 0) is 13.8 Å². The third kappa shape index (κ3) is 3.27. The summed E-state index contributed by atoms with van der Waals surface area (Å²) in [4.78, 5) is 15.5. The molecule has 0 saturated heterocycles. The summed E-state index contributed by atoms with van der Waals surface area (Å²) in [6.45, 7) is 8.81. The lowest BCUT2D eigenvalue weighted by molar-refractivity contribution is 0.756. The van der Waals surface area contributed by atoms with Crippen LogP contribution in [0.2, 0.25) is 5.15 Å². The van der Waals surface area contributed by atoms with Gasteiger partial charge in [-0.15, -0.1) is 11.3 Å². The van der Waals surface area contributed by atoms with Gasteiger partial charge in [-0.25, -0.2) is 15.0 Å². The number of nitrogens with zero attached hydrogens (tertiary/aromatic N) is 4. The van der Waals surface area contributed by atoms with Crippen LogP contribution in [-0.4, -0.2) is 22.0 Å². The van der Waals surface area contributed by atoms with Crippen molar-refractivity contribution in [1.29, 1.82) is 0 Å². The number of halogens is 1. The highest BCUT2D eigenvalue weighted by Crippen LogP contribution is 2.26. The van der Waals surface area contributed by atoms with Crippen LogP contribution >= 0.6 is 22.9 Å². The molecule has 0 aliphatic rings. The van der Waals surface area contributed by atoms with Gasteiger partial charge in [0.25, 0.3) is 0 Å². The fourth-order valence-electron chi connectivity index (χ4n) is 1.92. The van der Waals surface area contributed by atoms with Crippen molar-refractivity contribution in [1.82, 2.24) is 15.0 Å². The number of hydrogen-bond acceptors (Lipinski definition) is 5. The summed E-state index contributed by atoms with van der Waals surface area (Å²) in [5.41, 5.74) is 1.96. The second-order valence-electron chi connectivity index (χ2n) is 5.19. The van der Waals surface area contributed by atoms with Crippen molar-refractivity contribution in [2.75, 3.05) is 11.9 Å². The molecule has 2 aromatic rings. The first kappa shape index (κ1) is 15.2. The number of rotatable bonds is 4. The summed E-state index contributed by atoms with van der Waals surface area (Å²) in [7, 11) is 2.00. The van der Waals surface area contributed by atoms with Gasteiger partial charge in [-0.3, -0.25) is 0 Å². The minimum atomic E-state index is 0.252. The third-order valence-electron chi connectivity index (χ3n) is 3.02. The summed E-state index contributed by atoms with van der Waals surface area (Å²) in [6.07, 6.45) is 0. The number of anilines is 1. The minimum Gasteiger partial charge on any atom is -0.353 e. The van der Waals surface area contributed by atoms with Crippen molar-refractivity contribution in [3.05, 3.63) is 32.6 Å². The Morgan fingerprint density at radius 2 is 1.95 bits per heavy atom. The molecule has 0 spiro atoms. The highest BCUT2D eigenvalue weighted by atomic mass is 35.5. The van der Waals surface area contributed by atoms with Crippen molar-refractivity contribution in [2.45, 2.75) is 40.2 Å². The van der Waals surface area contributed by atoms with Crippen LogP contribution in [0.15, 0.2) is 5.38 Å². The maximum Gasteiger partial charge on any atom is 0.137 e. The number of aryl methyl sites for hydroxylation is 1. The molecule has 0 unspecified atom stereocenters. The largest absolute Gasteiger partial charge is 0.353 e. The molecule has 4 nitrogen and oxygen atoms in total. The van der Waals surface area contributed by atoms with E-state index in [1.165, 1.54) is 0 Å². The van der Waals surface area contributed by atoms with Gasteiger partial charge in [-0.2, -0.15) is 0 Å². The molecular weight excluding hydrogens is 292 g/mol. The van der Waals surface area contributed by atoms with Gasteiger partial charge in [-0.1, -0.05) is 25.4 Å². The molecule has 0 saturated carbocycles. The van der Waals surface area contributed by atoms with Crippen molar-refractivity contribution >= 4 is 28.8 Å². The van der Waals surface area contributed by atoms with Gasteiger partial charge in [0.05, 0.1) is 17.2 Å². The first-order valence-electron chi connectivity index (χ1n) is 6.54. The minimum absolute atomic E-state index is 0.252. The van der Waals surface area contributed by atoms with Crippen molar-refractivity contribution < 1.29 is 0 Å². The molecule has 0 aromatic carbocycles. The summed E-state index contributed by atoms with van der Waals surface area (Å²) in [5, 5.41) is 3.68. The van der Waals surface area contributed by atoms with E-state index in [1.807, 2.05) is 20.9 Å². The number of thiazole rings is 1. The highest BCUT2D eigenvalue weighted by Gasteiger charge is 2.15. The van der Waals surface area contributed by atoms with Crippen LogP contribution in [0.1, 0.15) is 41.9 Å². The van der Waals surface area contributed by atoms with E-state index < -0.39 is 0 Å². The summed E-state index contributed by atoms with van der Waals surface area (Å²) in [6, 6.07) is 0. The van der Waals surface area contributed by atoms with E-state index in [9.17, 15) is 0 Å². The lowest BCUT2D eigenvalue weighted by Gasteiger charge is -2.21. The molecule has 0 fully saturated rings. The SMILES string of the molecule is Cc1nc(CN(C)c2nc(C(C)C)nc(Cl)c2C)cs1. The Bertz CT molecular complexity index is 609. The maximum absolute atomic E-state index is 6.22. The molecule has 2 aromatic heterocycles. The maximum atomic E-state index is 6.22. The molecular formula is C14H19ClN4S. The van der Waals surface area contributed by atoms with Crippen LogP contribution in [0.4, 0.5) is 5.82 Å². The molecule has 108 valence electrons. The normalized spacial score (nSPS) is 11.2. The van der Waals surface area contributed by atoms with Crippen LogP contribution in [0.25, 0.3) is 0 Å². The second-order valence-corrected chi connectivity index (χ2v) is 6.61.